The number of carbonyl (C=O) groups excluding carboxylic acids is 1. The van der Waals surface area contributed by atoms with Crippen LogP contribution in [0.4, 0.5) is 0 Å². The van der Waals surface area contributed by atoms with Gasteiger partial charge in [0, 0.05) is 15.7 Å². The molecular formula is C15H12INO3. The number of ether oxygens (including phenoxy) is 2. The first-order chi connectivity index (χ1) is 9.75. The van der Waals surface area contributed by atoms with Gasteiger partial charge in [0.05, 0.1) is 5.56 Å². The van der Waals surface area contributed by atoms with Gasteiger partial charge in [0.1, 0.15) is 0 Å². The average molecular weight is 381 g/mol. The highest BCUT2D eigenvalue weighted by Gasteiger charge is 2.17. The molecule has 102 valence electrons. The van der Waals surface area contributed by atoms with Gasteiger partial charge in [-0.1, -0.05) is 24.3 Å². The fourth-order valence-corrected chi connectivity index (χ4v) is 2.68. The Bertz CT molecular complexity index is 657. The third-order valence-corrected chi connectivity index (χ3v) is 3.98. The van der Waals surface area contributed by atoms with E-state index in [2.05, 4.69) is 27.9 Å². The molecule has 2 aromatic carbocycles. The monoisotopic (exact) mass is 381 g/mol. The molecule has 0 bridgehead atoms. The Kier molecular flexibility index (Phi) is 3.77. The number of amides is 1. The van der Waals surface area contributed by atoms with Gasteiger partial charge < -0.3 is 14.8 Å². The number of para-hydroxylation sites is 1. The zero-order valence-corrected chi connectivity index (χ0v) is 12.7. The van der Waals surface area contributed by atoms with Crippen molar-refractivity contribution in [3.63, 3.8) is 0 Å². The van der Waals surface area contributed by atoms with E-state index in [1.54, 1.807) is 0 Å². The molecule has 1 aliphatic rings. The molecule has 1 amide bonds. The van der Waals surface area contributed by atoms with Gasteiger partial charge in [0.15, 0.2) is 11.5 Å². The Morgan fingerprint density at radius 3 is 2.85 bits per heavy atom. The lowest BCUT2D eigenvalue weighted by Gasteiger charge is -2.09. The lowest BCUT2D eigenvalue weighted by molar-refractivity contribution is 0.0949. The van der Waals surface area contributed by atoms with Crippen LogP contribution < -0.4 is 14.8 Å². The number of benzene rings is 2. The molecular weight excluding hydrogens is 369 g/mol. The molecule has 1 heterocycles. The topological polar surface area (TPSA) is 47.6 Å². The molecule has 2 aromatic rings. The third kappa shape index (κ3) is 2.58. The molecule has 3 rings (SSSR count). The summed E-state index contributed by atoms with van der Waals surface area (Å²) < 4.78 is 11.7. The van der Waals surface area contributed by atoms with E-state index in [0.717, 1.165) is 20.6 Å². The van der Waals surface area contributed by atoms with Crippen LogP contribution >= 0.6 is 22.6 Å². The molecule has 0 radical (unpaired) electrons. The molecule has 20 heavy (non-hydrogen) atoms. The largest absolute Gasteiger partial charge is 0.454 e. The maximum Gasteiger partial charge on any atom is 0.252 e. The second-order valence-corrected chi connectivity index (χ2v) is 5.48. The molecule has 0 fully saturated rings. The summed E-state index contributed by atoms with van der Waals surface area (Å²) in [7, 11) is 0. The normalized spacial score (nSPS) is 12.2. The summed E-state index contributed by atoms with van der Waals surface area (Å²) in [5, 5.41) is 2.91. The first kappa shape index (κ1) is 13.2. The van der Waals surface area contributed by atoms with Crippen LogP contribution in [-0.2, 0) is 6.54 Å². The van der Waals surface area contributed by atoms with Crippen molar-refractivity contribution in [2.45, 2.75) is 6.54 Å². The summed E-state index contributed by atoms with van der Waals surface area (Å²) in [5.41, 5.74) is 1.59. The van der Waals surface area contributed by atoms with Crippen LogP contribution in [0.5, 0.6) is 11.5 Å². The van der Waals surface area contributed by atoms with Gasteiger partial charge in [0.2, 0.25) is 6.79 Å². The van der Waals surface area contributed by atoms with Crippen molar-refractivity contribution in [3.05, 3.63) is 57.2 Å². The molecule has 4 nitrogen and oxygen atoms in total. The van der Waals surface area contributed by atoms with Crippen LogP contribution in [0.2, 0.25) is 0 Å². The van der Waals surface area contributed by atoms with Gasteiger partial charge in [-0.15, -0.1) is 0 Å². The zero-order chi connectivity index (χ0) is 13.9. The van der Waals surface area contributed by atoms with E-state index >= 15 is 0 Å². The summed E-state index contributed by atoms with van der Waals surface area (Å²) in [5.74, 6) is 1.35. The van der Waals surface area contributed by atoms with Crippen LogP contribution in [-0.4, -0.2) is 12.7 Å². The molecule has 0 saturated carbocycles. The molecule has 5 heteroatoms. The number of hydrogen-bond donors (Lipinski definition) is 1. The minimum Gasteiger partial charge on any atom is -0.454 e. The molecule has 0 unspecified atom stereocenters. The van der Waals surface area contributed by atoms with E-state index < -0.39 is 0 Å². The van der Waals surface area contributed by atoms with E-state index in [9.17, 15) is 4.79 Å². The van der Waals surface area contributed by atoms with Crippen molar-refractivity contribution in [1.82, 2.24) is 5.32 Å². The Hall–Kier alpha value is -1.76. The Labute approximate surface area is 130 Å². The van der Waals surface area contributed by atoms with E-state index in [-0.39, 0.29) is 12.7 Å². The predicted molar refractivity (Wildman–Crippen MR) is 82.9 cm³/mol. The molecule has 0 saturated heterocycles. The number of rotatable bonds is 3. The summed E-state index contributed by atoms with van der Waals surface area (Å²) in [4.78, 5) is 12.2. The highest BCUT2D eigenvalue weighted by Crippen LogP contribution is 2.35. The Morgan fingerprint density at radius 2 is 2.00 bits per heavy atom. The first-order valence-corrected chi connectivity index (χ1v) is 7.24. The summed E-state index contributed by atoms with van der Waals surface area (Å²) in [6, 6.07) is 13.2. The quantitative estimate of drug-likeness (QED) is 0.832. The number of nitrogens with one attached hydrogen (secondary N) is 1. The minimum absolute atomic E-state index is 0.0912. The van der Waals surface area contributed by atoms with E-state index in [4.69, 9.17) is 9.47 Å². The van der Waals surface area contributed by atoms with Crippen molar-refractivity contribution in [3.8, 4) is 11.5 Å². The van der Waals surface area contributed by atoms with Gasteiger partial charge in [0.25, 0.3) is 5.91 Å². The summed E-state index contributed by atoms with van der Waals surface area (Å²) in [6.45, 7) is 0.646. The molecule has 0 atom stereocenters. The second kappa shape index (κ2) is 5.70. The Balaban J connectivity index is 1.73. The summed E-state index contributed by atoms with van der Waals surface area (Å²) >= 11 is 2.15. The zero-order valence-electron chi connectivity index (χ0n) is 10.6. The van der Waals surface area contributed by atoms with Crippen molar-refractivity contribution in [2.75, 3.05) is 6.79 Å². The predicted octanol–water partition coefficient (Wildman–Crippen LogP) is 2.95. The molecule has 1 N–H and O–H groups in total. The molecule has 0 aliphatic carbocycles. The third-order valence-electron chi connectivity index (χ3n) is 3.04. The van der Waals surface area contributed by atoms with Crippen molar-refractivity contribution in [2.24, 2.45) is 0 Å². The van der Waals surface area contributed by atoms with Crippen LogP contribution in [0, 0.1) is 3.57 Å². The smallest absolute Gasteiger partial charge is 0.252 e. The van der Waals surface area contributed by atoms with Crippen molar-refractivity contribution >= 4 is 28.5 Å². The van der Waals surface area contributed by atoms with E-state index in [1.807, 2.05) is 42.5 Å². The fraction of sp³-hybridized carbons (Fsp3) is 0.133. The van der Waals surface area contributed by atoms with Crippen molar-refractivity contribution < 1.29 is 14.3 Å². The Morgan fingerprint density at radius 1 is 1.15 bits per heavy atom. The van der Waals surface area contributed by atoms with Gasteiger partial charge in [-0.2, -0.15) is 0 Å². The average Bonchev–Trinajstić information content (AvgIpc) is 2.94. The number of carbonyl (C=O) groups is 1. The lowest BCUT2D eigenvalue weighted by atomic mass is 10.1. The first-order valence-electron chi connectivity index (χ1n) is 6.16. The SMILES string of the molecule is O=C(NCc1cccc2c1OCO2)c1ccccc1I. The van der Waals surface area contributed by atoms with Gasteiger partial charge >= 0.3 is 0 Å². The van der Waals surface area contributed by atoms with Crippen LogP contribution in [0.1, 0.15) is 15.9 Å². The second-order valence-electron chi connectivity index (χ2n) is 4.31. The highest BCUT2D eigenvalue weighted by atomic mass is 127. The van der Waals surface area contributed by atoms with Gasteiger partial charge in [-0.25, -0.2) is 0 Å². The van der Waals surface area contributed by atoms with Crippen molar-refractivity contribution in [1.29, 1.82) is 0 Å². The maximum absolute atomic E-state index is 12.2. The van der Waals surface area contributed by atoms with Crippen LogP contribution in [0.3, 0.4) is 0 Å². The number of halogens is 1. The molecule has 0 spiro atoms. The summed E-state index contributed by atoms with van der Waals surface area (Å²) in [6.07, 6.45) is 0. The number of hydrogen-bond acceptors (Lipinski definition) is 3. The highest BCUT2D eigenvalue weighted by molar-refractivity contribution is 14.1. The van der Waals surface area contributed by atoms with Crippen LogP contribution in [0.15, 0.2) is 42.5 Å². The van der Waals surface area contributed by atoms with Gasteiger partial charge in [-0.05, 0) is 40.8 Å². The minimum atomic E-state index is -0.0912. The lowest BCUT2D eigenvalue weighted by Crippen LogP contribution is -2.23. The van der Waals surface area contributed by atoms with E-state index in [0.29, 0.717) is 12.1 Å². The fourth-order valence-electron chi connectivity index (χ4n) is 2.05. The molecule has 1 aliphatic heterocycles. The van der Waals surface area contributed by atoms with Crippen LogP contribution in [0.25, 0.3) is 0 Å². The van der Waals surface area contributed by atoms with Gasteiger partial charge in [-0.3, -0.25) is 4.79 Å². The number of fused-ring (bicyclic) bond motifs is 1. The maximum atomic E-state index is 12.2. The standard InChI is InChI=1S/C15H12INO3/c16-12-6-2-1-5-11(12)15(18)17-8-10-4-3-7-13-14(10)20-9-19-13/h1-7H,8-9H2,(H,17,18). The van der Waals surface area contributed by atoms with E-state index in [1.165, 1.54) is 0 Å². The molecule has 0 aromatic heterocycles.